The molecule has 1 aromatic heterocycles. The Balaban J connectivity index is 1.57. The molecule has 2 saturated heterocycles. The van der Waals surface area contributed by atoms with Crippen LogP contribution in [0.2, 0.25) is 0 Å². The summed E-state index contributed by atoms with van der Waals surface area (Å²) in [6.45, 7) is 12.3. The van der Waals surface area contributed by atoms with E-state index in [9.17, 15) is 5.11 Å². The van der Waals surface area contributed by atoms with Crippen LogP contribution in [-0.4, -0.2) is 94.8 Å². The number of hydrogen-bond donors (Lipinski definition) is 2. The second-order valence-corrected chi connectivity index (χ2v) is 8.77. The van der Waals surface area contributed by atoms with Gasteiger partial charge in [0.15, 0.2) is 0 Å². The molecule has 0 bridgehead atoms. The van der Waals surface area contributed by atoms with Crippen LogP contribution >= 0.6 is 0 Å². The summed E-state index contributed by atoms with van der Waals surface area (Å²) in [5.41, 5.74) is 1.17. The van der Waals surface area contributed by atoms with E-state index in [1.807, 2.05) is 12.4 Å². The van der Waals surface area contributed by atoms with Gasteiger partial charge in [0.25, 0.3) is 0 Å². The minimum absolute atomic E-state index is 0.296. The van der Waals surface area contributed by atoms with E-state index in [2.05, 4.69) is 50.9 Å². The van der Waals surface area contributed by atoms with Gasteiger partial charge in [-0.1, -0.05) is 0 Å². The van der Waals surface area contributed by atoms with Gasteiger partial charge in [-0.15, -0.1) is 0 Å². The van der Waals surface area contributed by atoms with Gasteiger partial charge in [-0.2, -0.15) is 0 Å². The van der Waals surface area contributed by atoms with Gasteiger partial charge in [-0.25, -0.2) is 9.97 Å². The fourth-order valence-corrected chi connectivity index (χ4v) is 4.54. The fraction of sp³-hybridized carbons (Fsp3) is 0.810. The van der Waals surface area contributed by atoms with Gasteiger partial charge in [0.1, 0.15) is 0 Å². The molecule has 2 fully saturated rings. The number of piperidine rings is 1. The van der Waals surface area contributed by atoms with Gasteiger partial charge in [-0.3, -0.25) is 9.80 Å². The first-order chi connectivity index (χ1) is 13.5. The van der Waals surface area contributed by atoms with Crippen molar-refractivity contribution in [2.45, 2.75) is 51.7 Å². The number of piperazine rings is 1. The Morgan fingerprint density at radius 2 is 1.86 bits per heavy atom. The number of aliphatic hydroxyl groups is 1. The van der Waals surface area contributed by atoms with Crippen molar-refractivity contribution >= 4 is 5.95 Å². The van der Waals surface area contributed by atoms with E-state index in [4.69, 9.17) is 0 Å². The van der Waals surface area contributed by atoms with Gasteiger partial charge in [0.2, 0.25) is 5.95 Å². The molecule has 0 amide bonds. The molecule has 3 rings (SSSR count). The third-order valence-electron chi connectivity index (χ3n) is 6.05. The third-order valence-corrected chi connectivity index (χ3v) is 6.05. The number of nitrogens with one attached hydrogen (secondary N) is 1. The lowest BCUT2D eigenvalue weighted by Gasteiger charge is -2.46. The minimum Gasteiger partial charge on any atom is -0.396 e. The molecule has 158 valence electrons. The number of aromatic nitrogens is 2. The van der Waals surface area contributed by atoms with Gasteiger partial charge in [0, 0.05) is 75.9 Å². The third kappa shape index (κ3) is 6.11. The molecule has 28 heavy (non-hydrogen) atoms. The van der Waals surface area contributed by atoms with Crippen LogP contribution in [0.3, 0.4) is 0 Å². The van der Waals surface area contributed by atoms with E-state index in [0.29, 0.717) is 30.6 Å². The first-order valence-electron chi connectivity index (χ1n) is 10.9. The molecule has 2 N–H and O–H groups in total. The maximum Gasteiger partial charge on any atom is 0.222 e. The molecule has 2 atom stereocenters. The lowest BCUT2D eigenvalue weighted by atomic mass is 9.86. The van der Waals surface area contributed by atoms with Crippen LogP contribution in [0.25, 0.3) is 0 Å². The van der Waals surface area contributed by atoms with E-state index in [-0.39, 0.29) is 0 Å². The zero-order valence-corrected chi connectivity index (χ0v) is 17.8. The molecule has 7 heteroatoms. The van der Waals surface area contributed by atoms with Crippen LogP contribution < -0.4 is 5.32 Å². The lowest BCUT2D eigenvalue weighted by Crippen LogP contribution is -2.56. The Bertz CT molecular complexity index is 573. The average molecular weight is 391 g/mol. The Morgan fingerprint density at radius 3 is 2.50 bits per heavy atom. The summed E-state index contributed by atoms with van der Waals surface area (Å²) in [5, 5.41) is 12.6. The number of nitrogens with zero attached hydrogens (tertiary/aromatic N) is 5. The highest BCUT2D eigenvalue weighted by Gasteiger charge is 2.34. The number of anilines is 1. The molecule has 7 nitrogen and oxygen atoms in total. The molecule has 0 radical (unpaired) electrons. The maximum absolute atomic E-state index is 9.36. The molecule has 3 heterocycles. The van der Waals surface area contributed by atoms with Crippen LogP contribution in [-0.2, 0) is 6.54 Å². The normalized spacial score (nSPS) is 25.3. The van der Waals surface area contributed by atoms with E-state index in [1.165, 1.54) is 38.2 Å². The van der Waals surface area contributed by atoms with E-state index < -0.39 is 0 Å². The zero-order chi connectivity index (χ0) is 19.9. The number of rotatable bonds is 8. The minimum atomic E-state index is 0.296. The molecular weight excluding hydrogens is 352 g/mol. The Hall–Kier alpha value is -1.28. The van der Waals surface area contributed by atoms with Crippen molar-refractivity contribution in [1.82, 2.24) is 24.7 Å². The van der Waals surface area contributed by atoms with Crippen LogP contribution in [0.4, 0.5) is 5.95 Å². The number of aliphatic hydroxyl groups excluding tert-OH is 1. The predicted octanol–water partition coefficient (Wildman–Crippen LogP) is 1.51. The van der Waals surface area contributed by atoms with Crippen molar-refractivity contribution in [3.05, 3.63) is 18.0 Å². The molecule has 0 spiro atoms. The van der Waals surface area contributed by atoms with E-state index in [0.717, 1.165) is 32.5 Å². The standard InChI is InChI=1S/C21H38N6O/c1-17(2)24-21-22-13-18(14-23-21)15-26-7-6-20(19(16-26)5-4-12-28)27-10-8-25(3)9-11-27/h13-14,17,19-20,28H,4-12,15-16H2,1-3H3,(H,22,23,24)/t19-,20+/m1/s1. The summed E-state index contributed by atoms with van der Waals surface area (Å²) < 4.78 is 0. The second-order valence-electron chi connectivity index (χ2n) is 8.77. The topological polar surface area (TPSA) is 67.8 Å². The van der Waals surface area contributed by atoms with Gasteiger partial charge >= 0.3 is 0 Å². The summed E-state index contributed by atoms with van der Waals surface area (Å²) in [4.78, 5) is 16.6. The second kappa shape index (κ2) is 10.5. The summed E-state index contributed by atoms with van der Waals surface area (Å²) in [7, 11) is 2.22. The highest BCUT2D eigenvalue weighted by molar-refractivity contribution is 5.25. The van der Waals surface area contributed by atoms with Crippen molar-refractivity contribution in [3.8, 4) is 0 Å². The number of hydrogen-bond acceptors (Lipinski definition) is 7. The van der Waals surface area contributed by atoms with Crippen molar-refractivity contribution in [2.75, 3.05) is 58.2 Å². The van der Waals surface area contributed by atoms with Gasteiger partial charge in [-0.05, 0) is 52.6 Å². The molecule has 2 aliphatic rings. The SMILES string of the molecule is CC(C)Nc1ncc(CN2CC[C@H](N3CCN(C)CC3)[C@H](CCCO)C2)cn1. The first-order valence-corrected chi connectivity index (χ1v) is 10.9. The number of likely N-dealkylation sites (tertiary alicyclic amines) is 1. The molecule has 0 aromatic carbocycles. The summed E-state index contributed by atoms with van der Waals surface area (Å²) >= 11 is 0. The van der Waals surface area contributed by atoms with Gasteiger partial charge in [0.05, 0.1) is 0 Å². The first kappa shape index (κ1) is 21.4. The van der Waals surface area contributed by atoms with Crippen LogP contribution in [0, 0.1) is 5.92 Å². The van der Waals surface area contributed by atoms with Crippen molar-refractivity contribution in [2.24, 2.45) is 5.92 Å². The zero-order valence-electron chi connectivity index (χ0n) is 17.8. The molecule has 0 saturated carbocycles. The lowest BCUT2D eigenvalue weighted by molar-refractivity contribution is 0.0211. The molecule has 0 unspecified atom stereocenters. The van der Waals surface area contributed by atoms with Crippen molar-refractivity contribution in [3.63, 3.8) is 0 Å². The summed E-state index contributed by atoms with van der Waals surface area (Å²) in [5.74, 6) is 1.33. The quantitative estimate of drug-likeness (QED) is 0.697. The Kier molecular flexibility index (Phi) is 8.02. The monoisotopic (exact) mass is 390 g/mol. The van der Waals surface area contributed by atoms with Crippen LogP contribution in [0.15, 0.2) is 12.4 Å². The van der Waals surface area contributed by atoms with Gasteiger partial charge < -0.3 is 15.3 Å². The van der Waals surface area contributed by atoms with E-state index in [1.54, 1.807) is 0 Å². The Morgan fingerprint density at radius 1 is 1.14 bits per heavy atom. The molecule has 0 aliphatic carbocycles. The smallest absolute Gasteiger partial charge is 0.222 e. The average Bonchev–Trinajstić information content (AvgIpc) is 2.68. The van der Waals surface area contributed by atoms with E-state index >= 15 is 0 Å². The molecular formula is C21H38N6O. The number of likely N-dealkylation sites (N-methyl/N-ethyl adjacent to an activating group) is 1. The Labute approximate surface area is 170 Å². The van der Waals surface area contributed by atoms with Crippen LogP contribution in [0.1, 0.15) is 38.7 Å². The maximum atomic E-state index is 9.36. The van der Waals surface area contributed by atoms with Crippen LogP contribution in [0.5, 0.6) is 0 Å². The fourth-order valence-electron chi connectivity index (χ4n) is 4.54. The summed E-state index contributed by atoms with van der Waals surface area (Å²) in [6.07, 6.45) is 7.13. The highest BCUT2D eigenvalue weighted by atomic mass is 16.2. The predicted molar refractivity (Wildman–Crippen MR) is 113 cm³/mol. The molecule has 2 aliphatic heterocycles. The van der Waals surface area contributed by atoms with Crippen molar-refractivity contribution in [1.29, 1.82) is 0 Å². The van der Waals surface area contributed by atoms with Crippen molar-refractivity contribution < 1.29 is 5.11 Å². The molecule has 1 aromatic rings. The summed E-state index contributed by atoms with van der Waals surface area (Å²) in [6, 6.07) is 0.997. The largest absolute Gasteiger partial charge is 0.396 e. The highest BCUT2D eigenvalue weighted by Crippen LogP contribution is 2.28.